The van der Waals surface area contributed by atoms with Crippen molar-refractivity contribution in [3.63, 3.8) is 0 Å². The number of aryl methyl sites for hydroxylation is 2. The second kappa shape index (κ2) is 12.5. The summed E-state index contributed by atoms with van der Waals surface area (Å²) in [5, 5.41) is 47.0. The summed E-state index contributed by atoms with van der Waals surface area (Å²) in [5.74, 6) is -7.06. The molecule has 2 rings (SSSR count). The summed E-state index contributed by atoms with van der Waals surface area (Å²) in [6, 6.07) is 18.0. The average Bonchev–Trinajstić information content (AvgIpc) is 2.83. The number of nitro groups is 4. The van der Waals surface area contributed by atoms with Crippen LogP contribution in [0, 0.1) is 40.5 Å². The van der Waals surface area contributed by atoms with Gasteiger partial charge in [-0.1, -0.05) is 60.7 Å². The lowest BCUT2D eigenvalue weighted by Gasteiger charge is -2.22. The highest BCUT2D eigenvalue weighted by Gasteiger charge is 2.73. The predicted molar refractivity (Wildman–Crippen MR) is 123 cm³/mol. The molecule has 0 radical (unpaired) electrons. The molecule has 0 heterocycles. The molecule has 0 unspecified atom stereocenters. The minimum Gasteiger partial charge on any atom is -0.256 e. The summed E-state index contributed by atoms with van der Waals surface area (Å²) in [6.07, 6.45) is -0.522. The van der Waals surface area contributed by atoms with Gasteiger partial charge in [-0.2, -0.15) is 0 Å². The van der Waals surface area contributed by atoms with Crippen LogP contribution in [0.25, 0.3) is 0 Å². The maximum atomic E-state index is 11.8. The van der Waals surface area contributed by atoms with Gasteiger partial charge in [0.15, 0.2) is 0 Å². The van der Waals surface area contributed by atoms with Gasteiger partial charge >= 0.3 is 11.7 Å². The third-order valence-corrected chi connectivity index (χ3v) is 5.59. The Morgan fingerprint density at radius 1 is 0.543 bits per heavy atom. The first-order valence-corrected chi connectivity index (χ1v) is 11.0. The molecule has 0 saturated heterocycles. The highest BCUT2D eigenvalue weighted by atomic mass is 16.8. The fourth-order valence-electron chi connectivity index (χ4n) is 3.67. The number of nitrogens with zero attached hydrogens (tertiary/aromatic N) is 4. The van der Waals surface area contributed by atoms with E-state index in [1.54, 1.807) is 36.4 Å². The van der Waals surface area contributed by atoms with Crippen LogP contribution in [0.2, 0.25) is 0 Å². The third-order valence-electron chi connectivity index (χ3n) is 5.59. The predicted octanol–water partition coefficient (Wildman–Crippen LogP) is 4.24. The van der Waals surface area contributed by atoms with Gasteiger partial charge in [0.05, 0.1) is 0 Å². The van der Waals surface area contributed by atoms with Crippen LogP contribution in [-0.2, 0) is 17.6 Å². The Morgan fingerprint density at radius 2 is 0.857 bits per heavy atom. The lowest BCUT2D eigenvalue weighted by Crippen LogP contribution is -2.60. The quantitative estimate of drug-likeness (QED) is 0.144. The van der Waals surface area contributed by atoms with E-state index >= 15 is 0 Å². The lowest BCUT2D eigenvalue weighted by atomic mass is 10.0. The molecule has 0 amide bonds. The van der Waals surface area contributed by atoms with Gasteiger partial charge in [0, 0.05) is 0 Å². The van der Waals surface area contributed by atoms with Gasteiger partial charge in [0.1, 0.15) is 32.5 Å². The molecule has 0 fully saturated rings. The fraction of sp³-hybridized carbons (Fsp3) is 0.455. The second-order valence-electron chi connectivity index (χ2n) is 8.00. The van der Waals surface area contributed by atoms with E-state index in [0.717, 1.165) is 11.1 Å². The summed E-state index contributed by atoms with van der Waals surface area (Å²) < 4.78 is 4.78. The van der Waals surface area contributed by atoms with Crippen molar-refractivity contribution in [1.29, 1.82) is 0 Å². The molecule has 0 aromatic heterocycles. The van der Waals surface area contributed by atoms with Crippen molar-refractivity contribution in [3.05, 3.63) is 112 Å². The van der Waals surface area contributed by atoms with Crippen molar-refractivity contribution >= 4 is 0 Å². The Labute approximate surface area is 200 Å². The summed E-state index contributed by atoms with van der Waals surface area (Å²) in [5.41, 5.74) is 1.79. The number of hydrogen-bond acceptors (Lipinski definition) is 9. The van der Waals surface area contributed by atoms with Crippen LogP contribution in [0.4, 0.5) is 0 Å². The monoisotopic (exact) mass is 490 g/mol. The van der Waals surface area contributed by atoms with E-state index in [1.807, 2.05) is 24.3 Å². The van der Waals surface area contributed by atoms with Crippen molar-refractivity contribution < 1.29 is 24.4 Å². The topological polar surface area (TPSA) is 182 Å². The molecular weight excluding hydrogens is 464 g/mol. The number of rotatable bonds is 16. The normalized spacial score (nSPS) is 11.7. The van der Waals surface area contributed by atoms with E-state index in [2.05, 4.69) is 0 Å². The van der Waals surface area contributed by atoms with Crippen molar-refractivity contribution in [2.75, 3.05) is 0 Å². The Bertz CT molecular complexity index is 909. The van der Waals surface area contributed by atoms with Gasteiger partial charge < -0.3 is 0 Å². The van der Waals surface area contributed by atoms with E-state index in [9.17, 15) is 40.5 Å². The number of benzene rings is 2. The van der Waals surface area contributed by atoms with Crippen LogP contribution in [0.1, 0.15) is 49.7 Å². The summed E-state index contributed by atoms with van der Waals surface area (Å²) in [7, 11) is 0. The van der Waals surface area contributed by atoms with Gasteiger partial charge in [-0.15, -0.1) is 4.74 Å². The van der Waals surface area contributed by atoms with Gasteiger partial charge in [0.25, 0.3) is 0 Å². The van der Waals surface area contributed by atoms with E-state index in [-0.39, 0.29) is 25.7 Å². The first-order chi connectivity index (χ1) is 16.6. The van der Waals surface area contributed by atoms with Crippen LogP contribution in [0.15, 0.2) is 60.7 Å². The molecule has 0 aliphatic carbocycles. The smallest absolute Gasteiger partial charge is 0.256 e. The van der Waals surface area contributed by atoms with Gasteiger partial charge in [0.2, 0.25) is 0 Å². The molecule has 2 aromatic rings. The highest BCUT2D eigenvalue weighted by molar-refractivity contribution is 5.15. The minimum atomic E-state index is -3.53. The first-order valence-electron chi connectivity index (χ1n) is 11.0. The van der Waals surface area contributed by atoms with Gasteiger partial charge in [-0.25, -0.2) is 0 Å². The molecular formula is C22H26N4O9. The van der Waals surface area contributed by atoms with Crippen LogP contribution in [0.5, 0.6) is 0 Å². The summed E-state index contributed by atoms with van der Waals surface area (Å²) in [4.78, 5) is 41.3. The SMILES string of the molecule is O=[N+]([O-])C(CCCCc1ccccc1)(OC(CCCCc1ccccc1)([N+](=O)[O-])[N+](=O)[O-])[N+](=O)[O-]. The third kappa shape index (κ3) is 6.99. The Hall–Kier alpha value is -4.00. The lowest BCUT2D eigenvalue weighted by molar-refractivity contribution is -0.935. The highest BCUT2D eigenvalue weighted by Crippen LogP contribution is 2.32. The molecule has 13 heteroatoms. The molecule has 0 aliphatic heterocycles. The number of hydrogen-bond donors (Lipinski definition) is 0. The van der Waals surface area contributed by atoms with Crippen LogP contribution >= 0.6 is 0 Å². The Morgan fingerprint density at radius 3 is 1.14 bits per heavy atom. The molecule has 0 atom stereocenters. The van der Waals surface area contributed by atoms with Crippen LogP contribution in [0.3, 0.4) is 0 Å². The van der Waals surface area contributed by atoms with E-state index in [1.165, 1.54) is 0 Å². The zero-order valence-corrected chi connectivity index (χ0v) is 18.9. The van der Waals surface area contributed by atoms with Gasteiger partial charge in [-0.05, 0) is 49.7 Å². The van der Waals surface area contributed by atoms with Crippen LogP contribution in [-0.4, -0.2) is 31.4 Å². The molecule has 0 bridgehead atoms. The minimum absolute atomic E-state index is 0.115. The molecule has 13 nitrogen and oxygen atoms in total. The maximum Gasteiger partial charge on any atom is 0.588 e. The van der Waals surface area contributed by atoms with E-state index in [4.69, 9.17) is 4.74 Å². The van der Waals surface area contributed by atoms with E-state index < -0.39 is 44.2 Å². The van der Waals surface area contributed by atoms with Crippen molar-refractivity contribution in [2.24, 2.45) is 0 Å². The Balaban J connectivity index is 2.17. The zero-order valence-electron chi connectivity index (χ0n) is 18.9. The summed E-state index contributed by atoms with van der Waals surface area (Å²) >= 11 is 0. The molecule has 0 spiro atoms. The molecule has 0 N–H and O–H groups in total. The van der Waals surface area contributed by atoms with Gasteiger partial charge in [-0.3, -0.25) is 40.5 Å². The zero-order chi connectivity index (χ0) is 25.9. The largest absolute Gasteiger partial charge is 0.588 e. The molecule has 0 aliphatic rings. The van der Waals surface area contributed by atoms with Crippen molar-refractivity contribution in [1.82, 2.24) is 0 Å². The van der Waals surface area contributed by atoms with Crippen molar-refractivity contribution in [2.45, 2.75) is 63.1 Å². The molecule has 188 valence electrons. The average molecular weight is 490 g/mol. The first kappa shape index (κ1) is 27.2. The molecule has 35 heavy (non-hydrogen) atoms. The van der Waals surface area contributed by atoms with Crippen molar-refractivity contribution in [3.8, 4) is 0 Å². The summed E-state index contributed by atoms with van der Waals surface area (Å²) in [6.45, 7) is 0. The Kier molecular flexibility index (Phi) is 9.70. The number of unbranched alkanes of at least 4 members (excludes halogenated alkanes) is 2. The standard InChI is InChI=1S/C22H26N4O9/c27-23(28)21(24(29)30,17-9-7-15-19-11-3-1-4-12-19)35-22(25(31)32,26(33)34)18-10-8-16-20-13-5-2-6-14-20/h1-6,11-14H,7-10,15-18H2. The fourth-order valence-corrected chi connectivity index (χ4v) is 3.67. The molecule has 0 saturated carbocycles. The molecule has 2 aromatic carbocycles. The van der Waals surface area contributed by atoms with Crippen LogP contribution < -0.4 is 0 Å². The maximum absolute atomic E-state index is 11.8. The second-order valence-corrected chi connectivity index (χ2v) is 8.00. The van der Waals surface area contributed by atoms with E-state index in [0.29, 0.717) is 12.8 Å². The number of ether oxygens (including phenoxy) is 1.